The lowest BCUT2D eigenvalue weighted by molar-refractivity contribution is -0.115. The predicted octanol–water partition coefficient (Wildman–Crippen LogP) is 3.03. The van der Waals surface area contributed by atoms with E-state index in [1.54, 1.807) is 0 Å². The van der Waals surface area contributed by atoms with E-state index in [4.69, 9.17) is 11.6 Å². The second-order valence-corrected chi connectivity index (χ2v) is 7.73. The topological polar surface area (TPSA) is 63.2 Å². The molecule has 0 fully saturated rings. The van der Waals surface area contributed by atoms with E-state index >= 15 is 0 Å². The second kappa shape index (κ2) is 6.73. The van der Waals surface area contributed by atoms with Crippen LogP contribution >= 0.6 is 23.4 Å². The Morgan fingerprint density at radius 1 is 1.40 bits per heavy atom. The molecule has 0 aliphatic carbocycles. The Bertz CT molecular complexity index is 608. The molecule has 1 unspecified atom stereocenters. The zero-order valence-electron chi connectivity index (χ0n) is 10.6. The maximum atomic E-state index is 12.5. The van der Waals surface area contributed by atoms with Gasteiger partial charge in [0.05, 0.1) is 15.6 Å². The third kappa shape index (κ3) is 4.60. The van der Waals surface area contributed by atoms with E-state index < -0.39 is 26.8 Å². The zero-order chi connectivity index (χ0) is 15.5. The highest BCUT2D eigenvalue weighted by Crippen LogP contribution is 2.37. The van der Waals surface area contributed by atoms with Gasteiger partial charge in [0.1, 0.15) is 5.25 Å². The molecule has 20 heavy (non-hydrogen) atoms. The van der Waals surface area contributed by atoms with Crippen LogP contribution in [0.1, 0.15) is 6.92 Å². The number of amides is 1. The minimum absolute atomic E-state index is 0.00165. The minimum atomic E-state index is -3.57. The van der Waals surface area contributed by atoms with E-state index in [1.165, 1.54) is 25.1 Å². The van der Waals surface area contributed by atoms with Gasteiger partial charge in [0, 0.05) is 6.26 Å². The summed E-state index contributed by atoms with van der Waals surface area (Å²) in [4.78, 5) is 11.8. The fraction of sp³-hybridized carbons (Fsp3) is 0.364. The number of nitrogens with one attached hydrogen (secondary N) is 1. The Kier molecular flexibility index (Phi) is 5.79. The summed E-state index contributed by atoms with van der Waals surface area (Å²) in [6.45, 7) is 1.22. The lowest BCUT2D eigenvalue weighted by Gasteiger charge is -2.14. The molecule has 4 nitrogen and oxygen atoms in total. The molecule has 1 N–H and O–H groups in total. The molecule has 0 saturated carbocycles. The van der Waals surface area contributed by atoms with Crippen LogP contribution in [0.15, 0.2) is 23.1 Å². The molecule has 0 bridgehead atoms. The van der Waals surface area contributed by atoms with E-state index in [0.717, 1.165) is 6.26 Å². The van der Waals surface area contributed by atoms with Gasteiger partial charge < -0.3 is 5.32 Å². The molecule has 0 aromatic heterocycles. The highest BCUT2D eigenvalue weighted by molar-refractivity contribution is 7.99. The molecule has 0 spiro atoms. The van der Waals surface area contributed by atoms with E-state index in [9.17, 15) is 22.0 Å². The Morgan fingerprint density at radius 2 is 2.00 bits per heavy atom. The summed E-state index contributed by atoms with van der Waals surface area (Å²) >= 11 is 5.99. The smallest absolute Gasteiger partial charge is 0.289 e. The van der Waals surface area contributed by atoms with Crippen LogP contribution in [0.2, 0.25) is 5.02 Å². The standard InChI is InChI=1S/C11H12ClF2NO3S2/c1-6(20(2,17)18)10(16)15-8-5-3-4-7(12)9(8)19-11(13)14/h3-6,11H,1-2H3,(H,15,16). The fourth-order valence-electron chi connectivity index (χ4n) is 1.24. The number of anilines is 1. The predicted molar refractivity (Wildman–Crippen MR) is 76.2 cm³/mol. The van der Waals surface area contributed by atoms with Crippen molar-refractivity contribution in [2.24, 2.45) is 0 Å². The summed E-state index contributed by atoms with van der Waals surface area (Å²) < 4.78 is 47.5. The summed E-state index contributed by atoms with van der Waals surface area (Å²) in [5, 5.41) is 1.08. The summed E-state index contributed by atoms with van der Waals surface area (Å²) in [5.74, 6) is -3.51. The van der Waals surface area contributed by atoms with Crippen molar-refractivity contribution in [1.29, 1.82) is 0 Å². The molecule has 0 heterocycles. The Labute approximate surface area is 124 Å². The summed E-state index contributed by atoms with van der Waals surface area (Å²) in [6, 6.07) is 4.25. The van der Waals surface area contributed by atoms with Gasteiger partial charge in [-0.2, -0.15) is 8.78 Å². The van der Waals surface area contributed by atoms with Gasteiger partial charge in [-0.05, 0) is 19.1 Å². The van der Waals surface area contributed by atoms with E-state index in [0.29, 0.717) is 0 Å². The van der Waals surface area contributed by atoms with Crippen molar-refractivity contribution in [2.75, 3.05) is 11.6 Å². The normalized spacial score (nSPS) is 13.3. The van der Waals surface area contributed by atoms with Gasteiger partial charge in [-0.25, -0.2) is 8.42 Å². The van der Waals surface area contributed by atoms with Crippen molar-refractivity contribution in [3.63, 3.8) is 0 Å². The average Bonchev–Trinajstić information content (AvgIpc) is 2.31. The number of alkyl halides is 2. The lowest BCUT2D eigenvalue weighted by Crippen LogP contribution is -2.31. The third-order valence-electron chi connectivity index (χ3n) is 2.44. The Morgan fingerprint density at radius 3 is 2.50 bits per heavy atom. The highest BCUT2D eigenvalue weighted by atomic mass is 35.5. The summed E-state index contributed by atoms with van der Waals surface area (Å²) in [5.41, 5.74) is 0.0586. The first kappa shape index (κ1) is 17.2. The molecule has 9 heteroatoms. The van der Waals surface area contributed by atoms with Crippen molar-refractivity contribution < 1.29 is 22.0 Å². The number of hydrogen-bond donors (Lipinski definition) is 1. The van der Waals surface area contributed by atoms with Crippen LogP contribution in [0.4, 0.5) is 14.5 Å². The van der Waals surface area contributed by atoms with E-state index in [1.807, 2.05) is 0 Å². The first-order chi connectivity index (χ1) is 9.12. The first-order valence-electron chi connectivity index (χ1n) is 5.36. The molecule has 112 valence electrons. The molecular weight excluding hydrogens is 332 g/mol. The molecule has 1 atom stereocenters. The zero-order valence-corrected chi connectivity index (χ0v) is 13.0. The maximum absolute atomic E-state index is 12.5. The molecular formula is C11H12ClF2NO3S2. The van der Waals surface area contributed by atoms with Gasteiger partial charge in [0.2, 0.25) is 5.91 Å². The number of sulfone groups is 1. The molecule has 0 aliphatic heterocycles. The molecule has 1 amide bonds. The molecule has 1 aromatic carbocycles. The van der Waals surface area contributed by atoms with Crippen LogP contribution in [0, 0.1) is 0 Å². The van der Waals surface area contributed by atoms with Gasteiger partial charge in [-0.15, -0.1) is 0 Å². The van der Waals surface area contributed by atoms with Crippen LogP contribution < -0.4 is 5.32 Å². The molecule has 1 aromatic rings. The van der Waals surface area contributed by atoms with Crippen LogP contribution in [-0.2, 0) is 14.6 Å². The number of rotatable bonds is 5. The monoisotopic (exact) mass is 343 g/mol. The SMILES string of the molecule is CC(C(=O)Nc1cccc(Cl)c1SC(F)F)S(C)(=O)=O. The van der Waals surface area contributed by atoms with Crippen LogP contribution in [-0.4, -0.2) is 31.6 Å². The van der Waals surface area contributed by atoms with Crippen molar-refractivity contribution in [2.45, 2.75) is 22.8 Å². The number of benzene rings is 1. The lowest BCUT2D eigenvalue weighted by atomic mass is 10.3. The summed E-state index contributed by atoms with van der Waals surface area (Å²) in [6.07, 6.45) is 0.921. The molecule has 0 aliphatic rings. The van der Waals surface area contributed by atoms with Gasteiger partial charge >= 0.3 is 0 Å². The second-order valence-electron chi connectivity index (χ2n) is 3.96. The quantitative estimate of drug-likeness (QED) is 0.835. The van der Waals surface area contributed by atoms with E-state index in [2.05, 4.69) is 5.32 Å². The van der Waals surface area contributed by atoms with Crippen molar-refractivity contribution in [3.8, 4) is 0 Å². The number of thioether (sulfide) groups is 1. The molecule has 0 radical (unpaired) electrons. The van der Waals surface area contributed by atoms with Crippen LogP contribution in [0.5, 0.6) is 0 Å². The Balaban J connectivity index is 3.04. The average molecular weight is 344 g/mol. The van der Waals surface area contributed by atoms with Crippen molar-refractivity contribution >= 4 is 44.8 Å². The minimum Gasteiger partial charge on any atom is -0.324 e. The third-order valence-corrected chi connectivity index (χ3v) is 5.22. The van der Waals surface area contributed by atoms with Gasteiger partial charge in [-0.1, -0.05) is 29.4 Å². The van der Waals surface area contributed by atoms with Crippen LogP contribution in [0.25, 0.3) is 0 Å². The van der Waals surface area contributed by atoms with Crippen molar-refractivity contribution in [3.05, 3.63) is 23.2 Å². The van der Waals surface area contributed by atoms with Gasteiger partial charge in [0.25, 0.3) is 5.76 Å². The first-order valence-corrected chi connectivity index (χ1v) is 8.57. The highest BCUT2D eigenvalue weighted by Gasteiger charge is 2.25. The van der Waals surface area contributed by atoms with Gasteiger partial charge in [0.15, 0.2) is 9.84 Å². The fourth-order valence-corrected chi connectivity index (χ4v) is 2.61. The number of carbonyl (C=O) groups excluding carboxylic acids is 1. The number of carbonyl (C=O) groups is 1. The Hall–Kier alpha value is -0.860. The van der Waals surface area contributed by atoms with Crippen LogP contribution in [0.3, 0.4) is 0 Å². The largest absolute Gasteiger partial charge is 0.324 e. The molecule has 0 saturated heterocycles. The summed E-state index contributed by atoms with van der Waals surface area (Å²) in [7, 11) is -3.57. The maximum Gasteiger partial charge on any atom is 0.289 e. The number of hydrogen-bond acceptors (Lipinski definition) is 4. The van der Waals surface area contributed by atoms with E-state index in [-0.39, 0.29) is 27.4 Å². The molecule has 1 rings (SSSR count). The number of halogens is 3. The van der Waals surface area contributed by atoms with Gasteiger partial charge in [-0.3, -0.25) is 4.79 Å². The van der Waals surface area contributed by atoms with Crippen molar-refractivity contribution in [1.82, 2.24) is 0 Å².